The first kappa shape index (κ1) is 13.4. The molecule has 1 unspecified atom stereocenters. The van der Waals surface area contributed by atoms with Gasteiger partial charge in [0.25, 0.3) is 0 Å². The lowest BCUT2D eigenvalue weighted by atomic mass is 10.0. The molecular weight excluding hydrogens is 178 g/mol. The molecule has 0 aromatic carbocycles. The minimum atomic E-state index is -0.109. The van der Waals surface area contributed by atoms with Crippen LogP contribution in [0, 0.1) is 5.92 Å². The summed E-state index contributed by atoms with van der Waals surface area (Å²) in [4.78, 5) is 13.7. The summed E-state index contributed by atoms with van der Waals surface area (Å²) in [7, 11) is 1.46. The van der Waals surface area contributed by atoms with Gasteiger partial charge >= 0.3 is 5.97 Å². The van der Waals surface area contributed by atoms with E-state index in [4.69, 9.17) is 4.74 Å². The molecule has 1 atom stereocenters. The number of nitrogens with zero attached hydrogens (tertiary/aromatic N) is 1. The van der Waals surface area contributed by atoms with E-state index >= 15 is 0 Å². The van der Waals surface area contributed by atoms with Crippen molar-refractivity contribution in [3.8, 4) is 0 Å². The molecule has 0 saturated carbocycles. The summed E-state index contributed by atoms with van der Waals surface area (Å²) >= 11 is 0. The van der Waals surface area contributed by atoms with E-state index in [1.807, 2.05) is 0 Å². The van der Waals surface area contributed by atoms with E-state index in [2.05, 4.69) is 32.6 Å². The molecule has 84 valence electrons. The Bertz CT molecular complexity index is 165. The van der Waals surface area contributed by atoms with Crippen LogP contribution in [0.25, 0.3) is 0 Å². The number of esters is 1. The summed E-state index contributed by atoms with van der Waals surface area (Å²) in [6, 6.07) is -0.0741. The highest BCUT2D eigenvalue weighted by atomic mass is 16.5. The van der Waals surface area contributed by atoms with Crippen molar-refractivity contribution in [2.45, 2.75) is 40.2 Å². The van der Waals surface area contributed by atoms with Gasteiger partial charge in [-0.25, -0.2) is 0 Å². The maximum Gasteiger partial charge on any atom is 0.323 e. The summed E-state index contributed by atoms with van der Waals surface area (Å²) in [5, 5.41) is 0. The number of likely N-dealkylation sites (N-methyl/N-ethyl adjacent to an activating group) is 1. The molecule has 0 bridgehead atoms. The van der Waals surface area contributed by atoms with E-state index in [1.165, 1.54) is 7.11 Å². The van der Waals surface area contributed by atoms with Crippen molar-refractivity contribution in [2.75, 3.05) is 20.2 Å². The van der Waals surface area contributed by atoms with Gasteiger partial charge in [0.2, 0.25) is 0 Å². The van der Waals surface area contributed by atoms with Crippen LogP contribution in [-0.4, -0.2) is 37.1 Å². The van der Waals surface area contributed by atoms with E-state index in [9.17, 15) is 4.79 Å². The SMILES string of the molecule is CCN(CC)C(CC(C)C)C(=O)OC. The first-order chi connectivity index (χ1) is 6.56. The molecule has 3 heteroatoms. The third-order valence-electron chi connectivity index (χ3n) is 2.42. The molecule has 0 heterocycles. The molecule has 0 amide bonds. The molecule has 0 aliphatic rings. The summed E-state index contributed by atoms with van der Waals surface area (Å²) in [6.07, 6.45) is 0.869. The van der Waals surface area contributed by atoms with Gasteiger partial charge in [-0.3, -0.25) is 9.69 Å². The molecule has 0 N–H and O–H groups in total. The monoisotopic (exact) mass is 201 g/mol. The van der Waals surface area contributed by atoms with Crippen molar-refractivity contribution < 1.29 is 9.53 Å². The van der Waals surface area contributed by atoms with Crippen LogP contribution in [-0.2, 0) is 9.53 Å². The normalized spacial score (nSPS) is 13.4. The van der Waals surface area contributed by atoms with Gasteiger partial charge in [0, 0.05) is 0 Å². The summed E-state index contributed by atoms with van der Waals surface area (Å²) in [6.45, 7) is 10.2. The van der Waals surface area contributed by atoms with E-state index in [0.29, 0.717) is 5.92 Å². The predicted octanol–water partition coefficient (Wildman–Crippen LogP) is 1.92. The van der Waals surface area contributed by atoms with Gasteiger partial charge in [-0.1, -0.05) is 27.7 Å². The molecule has 0 spiro atoms. The Labute approximate surface area is 87.4 Å². The standard InChI is InChI=1S/C11H23NO2/c1-6-12(7-2)10(8-9(3)4)11(13)14-5/h9-10H,6-8H2,1-5H3. The van der Waals surface area contributed by atoms with Gasteiger partial charge in [-0.15, -0.1) is 0 Å². The number of carbonyl (C=O) groups excluding carboxylic acids is 1. The second-order valence-corrected chi connectivity index (χ2v) is 3.89. The number of hydrogen-bond acceptors (Lipinski definition) is 3. The molecule has 14 heavy (non-hydrogen) atoms. The molecule has 0 aliphatic heterocycles. The van der Waals surface area contributed by atoms with Gasteiger partial charge in [0.1, 0.15) is 6.04 Å². The van der Waals surface area contributed by atoms with Crippen molar-refractivity contribution >= 4 is 5.97 Å². The van der Waals surface area contributed by atoms with E-state index in [-0.39, 0.29) is 12.0 Å². The molecule has 0 fully saturated rings. The minimum Gasteiger partial charge on any atom is -0.468 e. The molecule has 3 nitrogen and oxygen atoms in total. The Kier molecular flexibility index (Phi) is 6.54. The Balaban J connectivity index is 4.43. The number of ether oxygens (including phenoxy) is 1. The number of carbonyl (C=O) groups is 1. The zero-order valence-corrected chi connectivity index (χ0v) is 10.0. The van der Waals surface area contributed by atoms with Crippen molar-refractivity contribution in [2.24, 2.45) is 5.92 Å². The Morgan fingerprint density at radius 3 is 2.07 bits per heavy atom. The fourth-order valence-corrected chi connectivity index (χ4v) is 1.64. The van der Waals surface area contributed by atoms with Gasteiger partial charge in [-0.05, 0) is 25.4 Å². The maximum atomic E-state index is 11.5. The van der Waals surface area contributed by atoms with Crippen LogP contribution < -0.4 is 0 Å². The summed E-state index contributed by atoms with van der Waals surface area (Å²) < 4.78 is 4.82. The molecular formula is C11H23NO2. The zero-order chi connectivity index (χ0) is 11.1. The van der Waals surface area contributed by atoms with E-state index in [0.717, 1.165) is 19.5 Å². The van der Waals surface area contributed by atoms with Gasteiger partial charge < -0.3 is 4.74 Å². The Morgan fingerprint density at radius 1 is 1.29 bits per heavy atom. The van der Waals surface area contributed by atoms with E-state index < -0.39 is 0 Å². The van der Waals surface area contributed by atoms with Crippen LogP contribution >= 0.6 is 0 Å². The van der Waals surface area contributed by atoms with Gasteiger partial charge in [-0.2, -0.15) is 0 Å². The molecule has 0 aromatic heterocycles. The molecule has 0 aliphatic carbocycles. The van der Waals surface area contributed by atoms with Crippen LogP contribution in [0.3, 0.4) is 0 Å². The Hall–Kier alpha value is -0.570. The third-order valence-corrected chi connectivity index (χ3v) is 2.42. The number of methoxy groups -OCH3 is 1. The third kappa shape index (κ3) is 4.09. The second kappa shape index (κ2) is 6.82. The lowest BCUT2D eigenvalue weighted by molar-refractivity contribution is -0.147. The number of hydrogen-bond donors (Lipinski definition) is 0. The molecule has 0 rings (SSSR count). The predicted molar refractivity (Wildman–Crippen MR) is 58.2 cm³/mol. The van der Waals surface area contributed by atoms with Crippen molar-refractivity contribution in [1.29, 1.82) is 0 Å². The smallest absolute Gasteiger partial charge is 0.323 e. The van der Waals surface area contributed by atoms with Crippen LogP contribution in [0.5, 0.6) is 0 Å². The average Bonchev–Trinajstić information content (AvgIpc) is 2.16. The lowest BCUT2D eigenvalue weighted by Crippen LogP contribution is -2.42. The molecule has 0 radical (unpaired) electrons. The highest BCUT2D eigenvalue weighted by molar-refractivity contribution is 5.75. The first-order valence-electron chi connectivity index (χ1n) is 5.38. The van der Waals surface area contributed by atoms with Crippen LogP contribution in [0.1, 0.15) is 34.1 Å². The van der Waals surface area contributed by atoms with Crippen molar-refractivity contribution in [1.82, 2.24) is 4.90 Å². The minimum absolute atomic E-state index is 0.0741. The summed E-state index contributed by atoms with van der Waals surface area (Å²) in [5.74, 6) is 0.405. The van der Waals surface area contributed by atoms with Crippen LogP contribution in [0.4, 0.5) is 0 Å². The highest BCUT2D eigenvalue weighted by Gasteiger charge is 2.25. The summed E-state index contributed by atoms with van der Waals surface area (Å²) in [5.41, 5.74) is 0. The zero-order valence-electron chi connectivity index (χ0n) is 10.0. The first-order valence-corrected chi connectivity index (χ1v) is 5.38. The molecule has 0 saturated heterocycles. The van der Waals surface area contributed by atoms with Crippen molar-refractivity contribution in [3.05, 3.63) is 0 Å². The largest absolute Gasteiger partial charge is 0.468 e. The quantitative estimate of drug-likeness (QED) is 0.615. The van der Waals surface area contributed by atoms with Gasteiger partial charge in [0.05, 0.1) is 7.11 Å². The topological polar surface area (TPSA) is 29.5 Å². The average molecular weight is 201 g/mol. The maximum absolute atomic E-state index is 11.5. The van der Waals surface area contributed by atoms with Crippen molar-refractivity contribution in [3.63, 3.8) is 0 Å². The molecule has 0 aromatic rings. The van der Waals surface area contributed by atoms with E-state index in [1.54, 1.807) is 0 Å². The number of rotatable bonds is 6. The Morgan fingerprint density at radius 2 is 1.79 bits per heavy atom. The second-order valence-electron chi connectivity index (χ2n) is 3.89. The lowest BCUT2D eigenvalue weighted by Gasteiger charge is -2.28. The van der Waals surface area contributed by atoms with Gasteiger partial charge in [0.15, 0.2) is 0 Å². The highest BCUT2D eigenvalue weighted by Crippen LogP contribution is 2.12. The fraction of sp³-hybridized carbons (Fsp3) is 0.909. The van der Waals surface area contributed by atoms with Crippen LogP contribution in [0.2, 0.25) is 0 Å². The fourth-order valence-electron chi connectivity index (χ4n) is 1.64. The van der Waals surface area contributed by atoms with Crippen LogP contribution in [0.15, 0.2) is 0 Å².